The molecule has 0 radical (unpaired) electrons. The number of benzene rings is 1. The molecule has 5 heteroatoms. The number of rotatable bonds is 5. The van der Waals surface area contributed by atoms with Crippen LogP contribution in [0.2, 0.25) is 0 Å². The van der Waals surface area contributed by atoms with Crippen molar-refractivity contribution in [3.05, 3.63) is 38.3 Å². The molecule has 4 nitrogen and oxygen atoms in total. The van der Waals surface area contributed by atoms with E-state index in [-0.39, 0.29) is 10.6 Å². The summed E-state index contributed by atoms with van der Waals surface area (Å²) in [7, 11) is 2.13. The first kappa shape index (κ1) is 16.4. The smallest absolute Gasteiger partial charge is 0.283 e. The number of hydrogen-bond acceptors (Lipinski definition) is 3. The highest BCUT2D eigenvalue weighted by molar-refractivity contribution is 9.10. The summed E-state index contributed by atoms with van der Waals surface area (Å²) in [4.78, 5) is 13.0. The summed E-state index contributed by atoms with van der Waals surface area (Å²) in [6.07, 6.45) is 6.37. The third-order valence-electron chi connectivity index (χ3n) is 4.69. The van der Waals surface area contributed by atoms with Crippen molar-refractivity contribution in [2.75, 3.05) is 7.05 Å². The Labute approximate surface area is 134 Å². The van der Waals surface area contributed by atoms with Gasteiger partial charge in [-0.1, -0.05) is 25.5 Å². The lowest BCUT2D eigenvalue weighted by atomic mass is 9.84. The van der Waals surface area contributed by atoms with Crippen LogP contribution in [0, 0.1) is 16.0 Å². The van der Waals surface area contributed by atoms with Crippen molar-refractivity contribution in [3.63, 3.8) is 0 Å². The Kier molecular flexibility index (Phi) is 5.76. The molecule has 1 aromatic carbocycles. The number of nitro groups is 1. The van der Waals surface area contributed by atoms with Gasteiger partial charge in [0.2, 0.25) is 0 Å². The van der Waals surface area contributed by atoms with Crippen molar-refractivity contribution in [1.29, 1.82) is 0 Å². The summed E-state index contributed by atoms with van der Waals surface area (Å²) < 4.78 is 0.615. The normalized spacial score (nSPS) is 22.5. The van der Waals surface area contributed by atoms with Crippen LogP contribution in [0.3, 0.4) is 0 Å². The van der Waals surface area contributed by atoms with E-state index in [2.05, 4.69) is 34.8 Å². The van der Waals surface area contributed by atoms with E-state index >= 15 is 0 Å². The fourth-order valence-electron chi connectivity index (χ4n) is 3.22. The summed E-state index contributed by atoms with van der Waals surface area (Å²) in [5.41, 5.74) is 1.14. The van der Waals surface area contributed by atoms with Crippen molar-refractivity contribution < 1.29 is 4.92 Å². The van der Waals surface area contributed by atoms with E-state index in [1.807, 2.05) is 6.07 Å². The van der Waals surface area contributed by atoms with Crippen molar-refractivity contribution in [3.8, 4) is 0 Å². The highest BCUT2D eigenvalue weighted by Crippen LogP contribution is 2.32. The second-order valence-corrected chi connectivity index (χ2v) is 6.80. The molecule has 1 aliphatic rings. The van der Waals surface area contributed by atoms with Gasteiger partial charge in [-0.05, 0) is 60.1 Å². The fraction of sp³-hybridized carbons (Fsp3) is 0.625. The number of nitrogens with zero attached hydrogens (tertiary/aromatic N) is 2. The van der Waals surface area contributed by atoms with E-state index in [0.29, 0.717) is 10.5 Å². The topological polar surface area (TPSA) is 46.4 Å². The monoisotopic (exact) mass is 354 g/mol. The van der Waals surface area contributed by atoms with Crippen molar-refractivity contribution in [2.24, 2.45) is 5.92 Å². The van der Waals surface area contributed by atoms with Gasteiger partial charge in [0.1, 0.15) is 0 Å². The van der Waals surface area contributed by atoms with Crippen molar-refractivity contribution in [1.82, 2.24) is 4.90 Å². The van der Waals surface area contributed by atoms with Crippen LogP contribution < -0.4 is 0 Å². The molecule has 0 heterocycles. The zero-order chi connectivity index (χ0) is 15.4. The van der Waals surface area contributed by atoms with E-state index in [0.717, 1.165) is 18.0 Å². The Morgan fingerprint density at radius 2 is 2.00 bits per heavy atom. The van der Waals surface area contributed by atoms with E-state index < -0.39 is 0 Å². The van der Waals surface area contributed by atoms with Gasteiger partial charge in [-0.2, -0.15) is 0 Å². The Morgan fingerprint density at radius 3 is 2.57 bits per heavy atom. The maximum Gasteiger partial charge on any atom is 0.283 e. The lowest BCUT2D eigenvalue weighted by Gasteiger charge is -2.34. The van der Waals surface area contributed by atoms with Crippen LogP contribution in [0.1, 0.15) is 44.6 Å². The molecule has 0 bridgehead atoms. The molecular formula is C16H23BrN2O2. The quantitative estimate of drug-likeness (QED) is 0.565. The van der Waals surface area contributed by atoms with Crippen LogP contribution in [0.4, 0.5) is 5.69 Å². The van der Waals surface area contributed by atoms with Gasteiger partial charge in [0.15, 0.2) is 0 Å². The standard InChI is InChI=1S/C16H23BrN2O2/c1-3-12-7-9-14(10-8-12)18(2)11-13-5-4-6-15(16(13)17)19(20)21/h4-6,12,14H,3,7-11H2,1-2H3. The molecule has 0 unspecified atom stereocenters. The van der Waals surface area contributed by atoms with Crippen LogP contribution in [-0.2, 0) is 6.54 Å². The summed E-state index contributed by atoms with van der Waals surface area (Å²) in [5, 5.41) is 11.0. The molecule has 0 aliphatic heterocycles. The average Bonchev–Trinajstić information content (AvgIpc) is 2.49. The molecule has 0 N–H and O–H groups in total. The molecule has 1 aromatic rings. The zero-order valence-electron chi connectivity index (χ0n) is 12.7. The van der Waals surface area contributed by atoms with Gasteiger partial charge in [0, 0.05) is 18.7 Å². The molecule has 0 atom stereocenters. The summed E-state index contributed by atoms with van der Waals surface area (Å²) >= 11 is 3.39. The maximum atomic E-state index is 11.0. The van der Waals surface area contributed by atoms with Crippen LogP contribution in [0.25, 0.3) is 0 Å². The molecule has 21 heavy (non-hydrogen) atoms. The minimum absolute atomic E-state index is 0.149. The second-order valence-electron chi connectivity index (χ2n) is 6.01. The van der Waals surface area contributed by atoms with Crippen LogP contribution in [0.15, 0.2) is 22.7 Å². The summed E-state index contributed by atoms with van der Waals surface area (Å²) in [5.74, 6) is 0.888. The number of halogens is 1. The largest absolute Gasteiger partial charge is 0.299 e. The number of nitro benzene ring substituents is 1. The molecule has 1 saturated carbocycles. The SMILES string of the molecule is CCC1CCC(N(C)Cc2cccc([N+](=O)[O-])c2Br)CC1. The average molecular weight is 355 g/mol. The third kappa shape index (κ3) is 4.04. The van der Waals surface area contributed by atoms with Crippen LogP contribution in [-0.4, -0.2) is 22.9 Å². The maximum absolute atomic E-state index is 11.0. The van der Waals surface area contributed by atoms with Gasteiger partial charge in [-0.25, -0.2) is 0 Å². The molecule has 116 valence electrons. The Morgan fingerprint density at radius 1 is 1.33 bits per heavy atom. The van der Waals surface area contributed by atoms with Crippen LogP contribution >= 0.6 is 15.9 Å². The van der Waals surface area contributed by atoms with E-state index in [1.165, 1.54) is 32.1 Å². The molecule has 0 spiro atoms. The summed E-state index contributed by atoms with van der Waals surface area (Å²) in [6, 6.07) is 5.87. The van der Waals surface area contributed by atoms with Crippen molar-refractivity contribution >= 4 is 21.6 Å². The molecule has 2 rings (SSSR count). The minimum atomic E-state index is -0.333. The predicted molar refractivity (Wildman–Crippen MR) is 88.3 cm³/mol. The fourth-order valence-corrected chi connectivity index (χ4v) is 3.76. The lowest BCUT2D eigenvalue weighted by molar-refractivity contribution is -0.385. The molecule has 0 saturated heterocycles. The van der Waals surface area contributed by atoms with Gasteiger partial charge in [-0.3, -0.25) is 15.0 Å². The van der Waals surface area contributed by atoms with Crippen LogP contribution in [0.5, 0.6) is 0 Å². The third-order valence-corrected chi connectivity index (χ3v) is 5.61. The number of hydrogen-bond donors (Lipinski definition) is 0. The highest BCUT2D eigenvalue weighted by Gasteiger charge is 2.24. The lowest BCUT2D eigenvalue weighted by Crippen LogP contribution is -2.34. The highest BCUT2D eigenvalue weighted by atomic mass is 79.9. The van der Waals surface area contributed by atoms with E-state index in [4.69, 9.17) is 0 Å². The van der Waals surface area contributed by atoms with Gasteiger partial charge >= 0.3 is 0 Å². The van der Waals surface area contributed by atoms with Gasteiger partial charge in [0.25, 0.3) is 5.69 Å². The van der Waals surface area contributed by atoms with Gasteiger partial charge < -0.3 is 0 Å². The molecule has 0 amide bonds. The molecule has 1 fully saturated rings. The van der Waals surface area contributed by atoms with Gasteiger partial charge in [-0.15, -0.1) is 0 Å². The molecule has 1 aliphatic carbocycles. The minimum Gasteiger partial charge on any atom is -0.299 e. The summed E-state index contributed by atoms with van der Waals surface area (Å²) in [6.45, 7) is 3.03. The Bertz CT molecular complexity index is 499. The van der Waals surface area contributed by atoms with E-state index in [1.54, 1.807) is 12.1 Å². The predicted octanol–water partition coefficient (Wildman–Crippen LogP) is 4.76. The van der Waals surface area contributed by atoms with Gasteiger partial charge in [0.05, 0.1) is 9.40 Å². The van der Waals surface area contributed by atoms with Crippen molar-refractivity contribution in [2.45, 2.75) is 51.6 Å². The Balaban J connectivity index is 2.02. The zero-order valence-corrected chi connectivity index (χ0v) is 14.3. The Hall–Kier alpha value is -0.940. The first-order valence-electron chi connectivity index (χ1n) is 7.65. The van der Waals surface area contributed by atoms with E-state index in [9.17, 15) is 10.1 Å². The first-order chi connectivity index (χ1) is 10.0. The molecule has 0 aromatic heterocycles. The first-order valence-corrected chi connectivity index (χ1v) is 8.44. The second kappa shape index (κ2) is 7.36. The molecular weight excluding hydrogens is 332 g/mol.